The number of hydrogen-bond acceptors (Lipinski definition) is 5. The number of nitrogens with zero attached hydrogens (tertiary/aromatic N) is 1. The van der Waals surface area contributed by atoms with Crippen LogP contribution in [0.15, 0.2) is 18.2 Å². The Morgan fingerprint density at radius 2 is 2.00 bits per heavy atom. The fourth-order valence-corrected chi connectivity index (χ4v) is 5.63. The number of amides is 3. The van der Waals surface area contributed by atoms with Crippen LogP contribution in [0.1, 0.15) is 53.6 Å². The van der Waals surface area contributed by atoms with Crippen molar-refractivity contribution < 1.29 is 14.4 Å². The highest BCUT2D eigenvalue weighted by Gasteiger charge is 2.44. The lowest BCUT2D eigenvalue weighted by Crippen LogP contribution is -2.52. The van der Waals surface area contributed by atoms with Gasteiger partial charge in [-0.3, -0.25) is 19.7 Å². The molecule has 4 aliphatic rings. The molecule has 148 valence electrons. The summed E-state index contributed by atoms with van der Waals surface area (Å²) in [5.41, 5.74) is 8.96. The average molecular weight is 382 g/mol. The Bertz CT molecular complexity index is 852. The van der Waals surface area contributed by atoms with Crippen molar-refractivity contribution in [1.82, 2.24) is 15.5 Å². The van der Waals surface area contributed by atoms with Crippen LogP contribution < -0.4 is 16.4 Å². The first-order chi connectivity index (χ1) is 13.5. The lowest BCUT2D eigenvalue weighted by Gasteiger charge is -2.29. The lowest BCUT2D eigenvalue weighted by atomic mass is 9.91. The molecule has 4 N–H and O–H groups in total. The summed E-state index contributed by atoms with van der Waals surface area (Å²) < 4.78 is 0. The highest BCUT2D eigenvalue weighted by atomic mass is 16.2. The van der Waals surface area contributed by atoms with Gasteiger partial charge in [0.2, 0.25) is 11.8 Å². The topological polar surface area (TPSA) is 105 Å². The average Bonchev–Trinajstić information content (AvgIpc) is 3.33. The lowest BCUT2D eigenvalue weighted by molar-refractivity contribution is -0.136. The first-order valence-corrected chi connectivity index (χ1v) is 10.3. The van der Waals surface area contributed by atoms with Crippen molar-refractivity contribution in [2.45, 2.75) is 63.3 Å². The Balaban J connectivity index is 1.30. The summed E-state index contributed by atoms with van der Waals surface area (Å²) in [4.78, 5) is 38.2. The van der Waals surface area contributed by atoms with E-state index in [9.17, 15) is 14.4 Å². The molecule has 5 rings (SSSR count). The molecule has 28 heavy (non-hydrogen) atoms. The van der Waals surface area contributed by atoms with Crippen LogP contribution in [0.25, 0.3) is 0 Å². The Morgan fingerprint density at radius 1 is 1.14 bits per heavy atom. The fraction of sp³-hybridized carbons (Fsp3) is 0.571. The zero-order valence-electron chi connectivity index (χ0n) is 15.8. The number of piperidine rings is 1. The third kappa shape index (κ3) is 2.84. The van der Waals surface area contributed by atoms with Gasteiger partial charge >= 0.3 is 0 Å². The first kappa shape index (κ1) is 17.8. The highest BCUT2D eigenvalue weighted by molar-refractivity contribution is 6.05. The Kier molecular flexibility index (Phi) is 4.25. The maximum absolute atomic E-state index is 12.9. The number of rotatable bonds is 4. The monoisotopic (exact) mass is 382 g/mol. The van der Waals surface area contributed by atoms with Gasteiger partial charge in [-0.1, -0.05) is 12.1 Å². The van der Waals surface area contributed by atoms with Gasteiger partial charge in [0.05, 0.1) is 0 Å². The third-order valence-electron chi connectivity index (χ3n) is 7.15. The molecule has 5 atom stereocenters. The van der Waals surface area contributed by atoms with Gasteiger partial charge in [0.15, 0.2) is 0 Å². The van der Waals surface area contributed by atoms with Crippen molar-refractivity contribution in [2.75, 3.05) is 0 Å². The van der Waals surface area contributed by atoms with Crippen LogP contribution in [0.2, 0.25) is 0 Å². The van der Waals surface area contributed by atoms with Crippen LogP contribution >= 0.6 is 0 Å². The molecule has 3 fully saturated rings. The summed E-state index contributed by atoms with van der Waals surface area (Å²) >= 11 is 0. The maximum atomic E-state index is 12.9. The van der Waals surface area contributed by atoms with Gasteiger partial charge in [0, 0.05) is 37.2 Å². The van der Waals surface area contributed by atoms with Crippen molar-refractivity contribution >= 4 is 17.7 Å². The second-order valence-electron chi connectivity index (χ2n) is 8.72. The molecule has 0 spiro atoms. The normalized spacial score (nSPS) is 34.1. The molecule has 2 aliphatic heterocycles. The molecule has 2 aliphatic carbocycles. The summed E-state index contributed by atoms with van der Waals surface area (Å²) in [6.45, 7) is 1.16. The number of benzene rings is 1. The van der Waals surface area contributed by atoms with Crippen molar-refractivity contribution in [1.29, 1.82) is 0 Å². The van der Waals surface area contributed by atoms with Crippen LogP contribution in [0, 0.1) is 11.8 Å². The molecule has 7 heteroatoms. The van der Waals surface area contributed by atoms with Gasteiger partial charge in [-0.2, -0.15) is 0 Å². The number of fused-ring (bicyclic) bond motifs is 3. The van der Waals surface area contributed by atoms with Gasteiger partial charge in [0.25, 0.3) is 5.91 Å². The van der Waals surface area contributed by atoms with Crippen LogP contribution in [0.3, 0.4) is 0 Å². The molecular formula is C21H26N4O3. The van der Waals surface area contributed by atoms with E-state index in [4.69, 9.17) is 5.73 Å². The summed E-state index contributed by atoms with van der Waals surface area (Å²) in [5.74, 6) is 0.570. The van der Waals surface area contributed by atoms with E-state index in [-0.39, 0.29) is 24.1 Å². The van der Waals surface area contributed by atoms with Gasteiger partial charge in [-0.05, 0) is 54.7 Å². The van der Waals surface area contributed by atoms with Gasteiger partial charge in [-0.25, -0.2) is 0 Å². The number of nitrogens with two attached hydrogens (primary N) is 1. The van der Waals surface area contributed by atoms with E-state index >= 15 is 0 Å². The van der Waals surface area contributed by atoms with Gasteiger partial charge in [0.1, 0.15) is 6.04 Å². The molecular weight excluding hydrogens is 356 g/mol. The van der Waals surface area contributed by atoms with Crippen LogP contribution in [0.4, 0.5) is 0 Å². The molecule has 2 bridgehead atoms. The standard InChI is InChI=1S/C21H26N4O3/c22-16-7-13-6-12(16)8-17(13)23-9-11-2-1-3-14-15(11)10-25(21(14)28)18-4-5-19(26)24-20(18)27/h1-3,12-13,16-18,23H,4-10,22H2,(H,24,26,27). The highest BCUT2D eigenvalue weighted by Crippen LogP contribution is 2.44. The fourth-order valence-electron chi connectivity index (χ4n) is 5.63. The summed E-state index contributed by atoms with van der Waals surface area (Å²) in [5, 5.41) is 6.05. The maximum Gasteiger partial charge on any atom is 0.255 e. The van der Waals surface area contributed by atoms with E-state index in [2.05, 4.69) is 16.7 Å². The SMILES string of the molecule is NC1CC2CC1CC2NCc1cccc2c1CN(C1CCC(=O)NC1=O)C2=O. The van der Waals surface area contributed by atoms with Crippen LogP contribution in [-0.2, 0) is 22.7 Å². The molecule has 0 radical (unpaired) electrons. The van der Waals surface area contributed by atoms with Crippen molar-refractivity contribution in [3.63, 3.8) is 0 Å². The van der Waals surface area contributed by atoms with Crippen LogP contribution in [0.5, 0.6) is 0 Å². The summed E-state index contributed by atoms with van der Waals surface area (Å²) in [6, 6.07) is 6.12. The molecule has 3 amide bonds. The van der Waals surface area contributed by atoms with E-state index in [1.54, 1.807) is 4.90 Å². The van der Waals surface area contributed by atoms with Crippen molar-refractivity contribution in [2.24, 2.45) is 17.6 Å². The molecule has 2 saturated carbocycles. The zero-order chi connectivity index (χ0) is 19.4. The van der Waals surface area contributed by atoms with E-state index < -0.39 is 6.04 Å². The second-order valence-corrected chi connectivity index (χ2v) is 8.72. The number of nitrogens with one attached hydrogen (secondary N) is 2. The molecule has 0 aromatic heterocycles. The van der Waals surface area contributed by atoms with Crippen LogP contribution in [-0.4, -0.2) is 40.7 Å². The molecule has 2 heterocycles. The Morgan fingerprint density at radius 3 is 2.71 bits per heavy atom. The van der Waals surface area contributed by atoms with E-state index in [0.717, 1.165) is 30.5 Å². The smallest absolute Gasteiger partial charge is 0.255 e. The minimum absolute atomic E-state index is 0.114. The largest absolute Gasteiger partial charge is 0.327 e. The minimum Gasteiger partial charge on any atom is -0.327 e. The first-order valence-electron chi connectivity index (χ1n) is 10.3. The van der Waals surface area contributed by atoms with Gasteiger partial charge in [-0.15, -0.1) is 0 Å². The Hall–Kier alpha value is -2.25. The van der Waals surface area contributed by atoms with E-state index in [1.165, 1.54) is 6.42 Å². The number of imide groups is 1. The third-order valence-corrected chi connectivity index (χ3v) is 7.15. The summed E-state index contributed by atoms with van der Waals surface area (Å²) in [6.07, 6.45) is 4.15. The zero-order valence-corrected chi connectivity index (χ0v) is 15.8. The molecule has 1 aromatic rings. The molecule has 1 saturated heterocycles. The summed E-state index contributed by atoms with van der Waals surface area (Å²) in [7, 11) is 0. The minimum atomic E-state index is -0.564. The van der Waals surface area contributed by atoms with Gasteiger partial charge < -0.3 is 16.0 Å². The van der Waals surface area contributed by atoms with Crippen molar-refractivity contribution in [3.8, 4) is 0 Å². The van der Waals surface area contributed by atoms with E-state index in [0.29, 0.717) is 42.4 Å². The van der Waals surface area contributed by atoms with Crippen molar-refractivity contribution in [3.05, 3.63) is 34.9 Å². The number of carbonyl (C=O) groups is 3. The molecule has 7 nitrogen and oxygen atoms in total. The second kappa shape index (κ2) is 6.67. The Labute approximate surface area is 164 Å². The predicted molar refractivity (Wildman–Crippen MR) is 102 cm³/mol. The van der Waals surface area contributed by atoms with E-state index in [1.807, 2.05) is 12.1 Å². The molecule has 5 unspecified atom stereocenters. The quantitative estimate of drug-likeness (QED) is 0.664. The predicted octanol–water partition coefficient (Wildman–Crippen LogP) is 0.663. The number of hydrogen-bond donors (Lipinski definition) is 3. The number of carbonyl (C=O) groups excluding carboxylic acids is 3. The molecule has 1 aromatic carbocycles.